The number of nitrogens with zero attached hydrogens (tertiary/aromatic N) is 1. The lowest BCUT2D eigenvalue weighted by molar-refractivity contribution is 0.122. The van der Waals surface area contributed by atoms with E-state index in [0.717, 1.165) is 31.5 Å². The molecule has 0 radical (unpaired) electrons. The lowest BCUT2D eigenvalue weighted by Crippen LogP contribution is -2.46. The van der Waals surface area contributed by atoms with Crippen molar-refractivity contribution in [3.8, 4) is 0 Å². The topological polar surface area (TPSA) is 35.5 Å². The first-order chi connectivity index (χ1) is 8.19. The lowest BCUT2D eigenvalue weighted by Gasteiger charge is -2.38. The fourth-order valence-corrected chi connectivity index (χ4v) is 3.14. The largest absolute Gasteiger partial charge is 0.396 e. The van der Waals surface area contributed by atoms with Gasteiger partial charge in [0.2, 0.25) is 0 Å². The Balaban J connectivity index is 2.41. The van der Waals surface area contributed by atoms with E-state index in [0.29, 0.717) is 6.04 Å². The summed E-state index contributed by atoms with van der Waals surface area (Å²) in [5, 5.41) is 12.5. The van der Waals surface area contributed by atoms with Crippen LogP contribution >= 0.6 is 0 Å². The second kappa shape index (κ2) is 8.06. The maximum atomic E-state index is 9.08. The SMILES string of the molecule is CCNC(CCO)CN(C)C1CCCCC1C. The monoisotopic (exact) mass is 242 g/mol. The summed E-state index contributed by atoms with van der Waals surface area (Å²) in [5.41, 5.74) is 0. The molecule has 102 valence electrons. The highest BCUT2D eigenvalue weighted by Gasteiger charge is 2.26. The molecule has 3 unspecified atom stereocenters. The molecule has 1 aliphatic carbocycles. The Labute approximate surface area is 107 Å². The number of aliphatic hydroxyl groups excluding tert-OH is 1. The molecule has 3 heteroatoms. The summed E-state index contributed by atoms with van der Waals surface area (Å²) in [6.07, 6.45) is 6.36. The molecule has 1 aliphatic rings. The minimum absolute atomic E-state index is 0.283. The molecule has 1 fully saturated rings. The van der Waals surface area contributed by atoms with Crippen molar-refractivity contribution in [2.45, 2.75) is 58.0 Å². The summed E-state index contributed by atoms with van der Waals surface area (Å²) < 4.78 is 0. The first-order valence-electron chi connectivity index (χ1n) is 7.23. The van der Waals surface area contributed by atoms with Gasteiger partial charge in [-0.05, 0) is 38.8 Å². The first kappa shape index (κ1) is 14.9. The van der Waals surface area contributed by atoms with Crippen LogP contribution in [0.3, 0.4) is 0 Å². The third-order valence-electron chi connectivity index (χ3n) is 4.11. The molecule has 1 saturated carbocycles. The Morgan fingerprint density at radius 2 is 2.06 bits per heavy atom. The Morgan fingerprint density at radius 1 is 1.35 bits per heavy atom. The zero-order valence-electron chi connectivity index (χ0n) is 11.8. The molecule has 0 saturated heterocycles. The Bertz CT molecular complexity index is 193. The van der Waals surface area contributed by atoms with Crippen LogP contribution in [0.15, 0.2) is 0 Å². The second-order valence-corrected chi connectivity index (χ2v) is 5.54. The van der Waals surface area contributed by atoms with Crippen LogP contribution in [0.5, 0.6) is 0 Å². The Hall–Kier alpha value is -0.120. The molecule has 3 atom stereocenters. The van der Waals surface area contributed by atoms with Crippen LogP contribution in [0.1, 0.15) is 46.0 Å². The van der Waals surface area contributed by atoms with Crippen molar-refractivity contribution in [3.63, 3.8) is 0 Å². The number of likely N-dealkylation sites (N-methyl/N-ethyl adjacent to an activating group) is 2. The quantitative estimate of drug-likeness (QED) is 0.715. The molecule has 1 rings (SSSR count). The molecule has 3 nitrogen and oxygen atoms in total. The zero-order valence-corrected chi connectivity index (χ0v) is 11.8. The minimum atomic E-state index is 0.283. The van der Waals surface area contributed by atoms with Crippen molar-refractivity contribution >= 4 is 0 Å². The number of aliphatic hydroxyl groups is 1. The van der Waals surface area contributed by atoms with E-state index in [4.69, 9.17) is 5.11 Å². The predicted octanol–water partition coefficient (Wildman–Crippen LogP) is 1.86. The van der Waals surface area contributed by atoms with Gasteiger partial charge in [0.05, 0.1) is 0 Å². The summed E-state index contributed by atoms with van der Waals surface area (Å²) in [6, 6.07) is 1.17. The highest BCUT2D eigenvalue weighted by atomic mass is 16.3. The summed E-state index contributed by atoms with van der Waals surface area (Å²) in [5.74, 6) is 0.824. The van der Waals surface area contributed by atoms with Crippen molar-refractivity contribution in [2.24, 2.45) is 5.92 Å². The average Bonchev–Trinajstić information content (AvgIpc) is 2.30. The van der Waals surface area contributed by atoms with Crippen LogP contribution in [0.4, 0.5) is 0 Å². The molecule has 0 bridgehead atoms. The molecule has 0 spiro atoms. The van der Waals surface area contributed by atoms with Crippen LogP contribution in [-0.2, 0) is 0 Å². The van der Waals surface area contributed by atoms with E-state index >= 15 is 0 Å². The van der Waals surface area contributed by atoms with E-state index in [-0.39, 0.29) is 6.61 Å². The third-order valence-corrected chi connectivity index (χ3v) is 4.11. The van der Waals surface area contributed by atoms with Gasteiger partial charge in [-0.1, -0.05) is 26.7 Å². The van der Waals surface area contributed by atoms with Crippen LogP contribution in [0, 0.1) is 5.92 Å². The summed E-state index contributed by atoms with van der Waals surface area (Å²) in [4.78, 5) is 2.51. The van der Waals surface area contributed by atoms with Gasteiger partial charge in [0, 0.05) is 25.2 Å². The summed E-state index contributed by atoms with van der Waals surface area (Å²) >= 11 is 0. The van der Waals surface area contributed by atoms with Gasteiger partial charge in [-0.25, -0.2) is 0 Å². The predicted molar refractivity (Wildman–Crippen MR) is 73.2 cm³/mol. The number of hydrogen-bond donors (Lipinski definition) is 2. The van der Waals surface area contributed by atoms with Gasteiger partial charge in [0.25, 0.3) is 0 Å². The molecule has 0 aromatic heterocycles. The molecule has 2 N–H and O–H groups in total. The van der Waals surface area contributed by atoms with Gasteiger partial charge in [0.15, 0.2) is 0 Å². The number of nitrogens with one attached hydrogen (secondary N) is 1. The van der Waals surface area contributed by atoms with Gasteiger partial charge < -0.3 is 15.3 Å². The molecule has 0 aromatic rings. The smallest absolute Gasteiger partial charge is 0.0446 e. The standard InChI is InChI=1S/C14H30N2O/c1-4-15-13(9-10-17)11-16(3)14-8-6-5-7-12(14)2/h12-15,17H,4-11H2,1-3H3. The van der Waals surface area contributed by atoms with E-state index in [9.17, 15) is 0 Å². The average molecular weight is 242 g/mol. The van der Waals surface area contributed by atoms with Crippen LogP contribution in [0.25, 0.3) is 0 Å². The van der Waals surface area contributed by atoms with Crippen molar-refractivity contribution in [1.82, 2.24) is 10.2 Å². The Kier molecular flexibility index (Phi) is 7.09. The summed E-state index contributed by atoms with van der Waals surface area (Å²) in [7, 11) is 2.24. The van der Waals surface area contributed by atoms with E-state index < -0.39 is 0 Å². The highest BCUT2D eigenvalue weighted by Crippen LogP contribution is 2.27. The van der Waals surface area contributed by atoms with Gasteiger partial charge in [-0.15, -0.1) is 0 Å². The van der Waals surface area contributed by atoms with Crippen molar-refractivity contribution in [3.05, 3.63) is 0 Å². The normalized spacial score (nSPS) is 27.4. The van der Waals surface area contributed by atoms with Crippen molar-refractivity contribution < 1.29 is 5.11 Å². The fraction of sp³-hybridized carbons (Fsp3) is 1.00. The maximum absolute atomic E-state index is 9.08. The minimum Gasteiger partial charge on any atom is -0.396 e. The van der Waals surface area contributed by atoms with Gasteiger partial charge in [-0.3, -0.25) is 0 Å². The molecule has 17 heavy (non-hydrogen) atoms. The Morgan fingerprint density at radius 3 is 2.65 bits per heavy atom. The fourth-order valence-electron chi connectivity index (χ4n) is 3.14. The number of rotatable bonds is 7. The molecular weight excluding hydrogens is 212 g/mol. The van der Waals surface area contributed by atoms with Crippen LogP contribution in [-0.4, -0.2) is 48.8 Å². The van der Waals surface area contributed by atoms with Crippen LogP contribution in [0.2, 0.25) is 0 Å². The molecule has 0 amide bonds. The van der Waals surface area contributed by atoms with Gasteiger partial charge >= 0.3 is 0 Å². The summed E-state index contributed by atoms with van der Waals surface area (Å²) in [6.45, 7) is 6.84. The number of hydrogen-bond acceptors (Lipinski definition) is 3. The van der Waals surface area contributed by atoms with Crippen molar-refractivity contribution in [1.29, 1.82) is 0 Å². The van der Waals surface area contributed by atoms with Gasteiger partial charge in [-0.2, -0.15) is 0 Å². The van der Waals surface area contributed by atoms with Gasteiger partial charge in [0.1, 0.15) is 0 Å². The van der Waals surface area contributed by atoms with E-state index in [1.165, 1.54) is 25.7 Å². The maximum Gasteiger partial charge on any atom is 0.0446 e. The first-order valence-corrected chi connectivity index (χ1v) is 7.23. The molecule has 0 aliphatic heterocycles. The highest BCUT2D eigenvalue weighted by molar-refractivity contribution is 4.82. The van der Waals surface area contributed by atoms with E-state index in [1.54, 1.807) is 0 Å². The molecular formula is C14H30N2O. The van der Waals surface area contributed by atoms with Crippen LogP contribution < -0.4 is 5.32 Å². The molecule has 0 heterocycles. The third kappa shape index (κ3) is 4.94. The lowest BCUT2D eigenvalue weighted by atomic mass is 9.85. The van der Waals surface area contributed by atoms with E-state index in [2.05, 4.69) is 31.1 Å². The zero-order chi connectivity index (χ0) is 12.7. The van der Waals surface area contributed by atoms with E-state index in [1.807, 2.05) is 0 Å². The second-order valence-electron chi connectivity index (χ2n) is 5.54. The van der Waals surface area contributed by atoms with Crippen molar-refractivity contribution in [2.75, 3.05) is 26.7 Å². The molecule has 0 aromatic carbocycles.